The molecule has 4 aromatic rings. The second kappa shape index (κ2) is 15.9. The van der Waals surface area contributed by atoms with Crippen molar-refractivity contribution in [3.63, 3.8) is 0 Å². The third-order valence-corrected chi connectivity index (χ3v) is 14.2. The number of carboxylic acids is 2. The highest BCUT2D eigenvalue weighted by atomic mass is 35.5. The number of benzene rings is 2. The summed E-state index contributed by atoms with van der Waals surface area (Å²) >= 11 is 14.0. The predicted octanol–water partition coefficient (Wildman–Crippen LogP) is 6.81. The fourth-order valence-electron chi connectivity index (χ4n) is 10.00. The van der Waals surface area contributed by atoms with Gasteiger partial charge in [0.05, 0.1) is 32.5 Å². The molecule has 0 saturated heterocycles. The van der Waals surface area contributed by atoms with Gasteiger partial charge in [-0.15, -0.1) is 0 Å². The Morgan fingerprint density at radius 2 is 1.40 bits per heavy atom. The van der Waals surface area contributed by atoms with Crippen LogP contribution < -0.4 is 5.32 Å². The maximum absolute atomic E-state index is 13.8. The number of hydrogen-bond acceptors (Lipinski definition) is 8. The highest BCUT2D eigenvalue weighted by molar-refractivity contribution is 6.39. The van der Waals surface area contributed by atoms with Crippen LogP contribution in [0.3, 0.4) is 0 Å². The second-order valence-corrected chi connectivity index (χ2v) is 17.6. The number of halogens is 2. The minimum atomic E-state index is -0.808. The molecule has 58 heavy (non-hydrogen) atoms. The Morgan fingerprint density at radius 3 is 2.03 bits per heavy atom. The van der Waals surface area contributed by atoms with Gasteiger partial charge in [-0.2, -0.15) is 0 Å². The van der Waals surface area contributed by atoms with Crippen molar-refractivity contribution in [2.75, 3.05) is 31.5 Å². The van der Waals surface area contributed by atoms with Gasteiger partial charge >= 0.3 is 11.9 Å². The highest BCUT2D eigenvalue weighted by Crippen LogP contribution is 2.63. The van der Waals surface area contributed by atoms with Crippen LogP contribution in [0.15, 0.2) is 36.4 Å². The predicted molar refractivity (Wildman–Crippen MR) is 219 cm³/mol. The largest absolute Gasteiger partial charge is 0.481 e. The molecule has 2 aliphatic heterocycles. The van der Waals surface area contributed by atoms with Crippen LogP contribution in [0.25, 0.3) is 11.1 Å². The molecule has 2 aromatic heterocycles. The van der Waals surface area contributed by atoms with E-state index in [1.54, 1.807) is 12.1 Å². The minimum Gasteiger partial charge on any atom is -0.481 e. The third kappa shape index (κ3) is 7.58. The molecule has 4 heterocycles. The molecule has 8 rings (SSSR count). The van der Waals surface area contributed by atoms with Crippen molar-refractivity contribution in [1.82, 2.24) is 28.9 Å². The van der Waals surface area contributed by atoms with Gasteiger partial charge in [-0.3, -0.25) is 29.0 Å². The van der Waals surface area contributed by atoms with Crippen LogP contribution in [0, 0.1) is 10.8 Å². The van der Waals surface area contributed by atoms with Crippen molar-refractivity contribution >= 4 is 52.5 Å². The Hall–Kier alpha value is -4.56. The summed E-state index contributed by atoms with van der Waals surface area (Å²) in [6.07, 6.45) is 7.52. The molecule has 2 fully saturated rings. The molecule has 306 valence electrons. The number of nitrogens with zero attached hydrogens (tertiary/aromatic N) is 6. The van der Waals surface area contributed by atoms with E-state index in [9.17, 15) is 24.3 Å². The van der Waals surface area contributed by atoms with Gasteiger partial charge in [-0.05, 0) is 75.1 Å². The number of amides is 1. The van der Waals surface area contributed by atoms with Crippen molar-refractivity contribution in [3.05, 3.63) is 86.4 Å². The molecule has 0 unspecified atom stereocenters. The number of aromatic nitrogens is 4. The average molecular weight is 831 g/mol. The summed E-state index contributed by atoms with van der Waals surface area (Å²) in [6.45, 7) is 4.38. The third-order valence-electron chi connectivity index (χ3n) is 13.3. The summed E-state index contributed by atoms with van der Waals surface area (Å²) < 4.78 is 3.72. The molecule has 3 N–H and O–H groups in total. The van der Waals surface area contributed by atoms with Crippen molar-refractivity contribution in [2.24, 2.45) is 24.9 Å². The Labute approximate surface area is 347 Å². The first-order chi connectivity index (χ1) is 27.8. The molecule has 1 amide bonds. The molecule has 13 nitrogen and oxygen atoms in total. The fraction of sp³-hybridized carbons (Fsp3) is 0.488. The van der Waals surface area contributed by atoms with E-state index in [-0.39, 0.29) is 29.9 Å². The summed E-state index contributed by atoms with van der Waals surface area (Å²) in [7, 11) is 3.72. The minimum absolute atomic E-state index is 0.0281. The zero-order chi connectivity index (χ0) is 40.9. The lowest BCUT2D eigenvalue weighted by Gasteiger charge is -2.32. The van der Waals surface area contributed by atoms with Crippen LogP contribution >= 0.6 is 23.2 Å². The van der Waals surface area contributed by atoms with Crippen LogP contribution in [0.1, 0.15) is 101 Å². The molecule has 2 aromatic carbocycles. The van der Waals surface area contributed by atoms with Crippen LogP contribution in [-0.4, -0.2) is 88.9 Å². The number of hydrogen-bond donors (Lipinski definition) is 3. The van der Waals surface area contributed by atoms with E-state index in [1.165, 1.54) is 0 Å². The van der Waals surface area contributed by atoms with Crippen LogP contribution in [-0.2, 0) is 56.0 Å². The number of imidazole rings is 2. The lowest BCUT2D eigenvalue weighted by molar-refractivity contribution is -0.148. The van der Waals surface area contributed by atoms with Crippen LogP contribution in [0.2, 0.25) is 10.0 Å². The van der Waals surface area contributed by atoms with Crippen molar-refractivity contribution in [3.8, 4) is 11.1 Å². The number of rotatable bonds is 14. The Balaban J connectivity index is 0.924. The number of carboxylic acid groups (broad SMARTS) is 2. The first-order valence-corrected chi connectivity index (χ1v) is 20.9. The smallest absolute Gasteiger partial charge is 0.309 e. The number of carbonyl (C=O) groups is 4. The van der Waals surface area contributed by atoms with E-state index in [2.05, 4.69) is 15.1 Å². The monoisotopic (exact) mass is 829 g/mol. The van der Waals surface area contributed by atoms with E-state index in [0.29, 0.717) is 70.1 Å². The van der Waals surface area contributed by atoms with Crippen molar-refractivity contribution < 1.29 is 29.4 Å². The molecule has 4 aliphatic rings. The summed E-state index contributed by atoms with van der Waals surface area (Å²) in [5, 5.41) is 22.5. The van der Waals surface area contributed by atoms with Crippen LogP contribution in [0.5, 0.6) is 0 Å². The lowest BCUT2D eigenvalue weighted by atomic mass is 9.80. The van der Waals surface area contributed by atoms with E-state index >= 15 is 0 Å². The van der Waals surface area contributed by atoms with E-state index in [1.807, 2.05) is 47.5 Å². The number of anilines is 1. The number of carbonyl (C=O) groups excluding carboxylic acids is 2. The Bertz CT molecular complexity index is 2310. The zero-order valence-corrected chi connectivity index (χ0v) is 34.5. The fourth-order valence-corrected chi connectivity index (χ4v) is 10.6. The topological polar surface area (TPSA) is 163 Å². The first-order valence-electron chi connectivity index (χ1n) is 20.2. The average Bonchev–Trinajstić information content (AvgIpc) is 3.96. The number of ketones is 1. The van der Waals surface area contributed by atoms with Gasteiger partial charge in [0, 0.05) is 88.5 Å². The number of Topliss-reactive ketones (excluding diaryl/α,β-unsaturated/α-hetero) is 1. The van der Waals surface area contributed by atoms with E-state index < -0.39 is 17.4 Å². The maximum Gasteiger partial charge on any atom is 0.309 e. The molecule has 0 atom stereocenters. The van der Waals surface area contributed by atoms with Gasteiger partial charge in [-0.25, -0.2) is 9.97 Å². The molecular formula is C43H49Cl2N7O6. The standard InChI is InChI=1S/C43H49Cl2N7O6/c1-49-32-11-19-51(18-5-10-35(54)55)23-30(32)46-38(49)34(53)22-26-6-3-7-27(36(26)44)28-8-4-9-29(37(28)45)48-40(56)39-47-31-24-52(20-12-33(31)50(39)2)21-17-42-13-15-43(25-42,16-14-42)41(57)58/h3-4,6-9H,5,10-25H2,1-2H3,(H,48,56)(H,54,55)(H,57,58). The van der Waals surface area contributed by atoms with Gasteiger partial charge in [-0.1, -0.05) is 53.5 Å². The van der Waals surface area contributed by atoms with Crippen LogP contribution in [0.4, 0.5) is 5.69 Å². The molecule has 0 spiro atoms. The lowest BCUT2D eigenvalue weighted by Crippen LogP contribution is -2.34. The molecule has 15 heteroatoms. The quantitative estimate of drug-likeness (QED) is 0.115. The number of aliphatic carboxylic acids is 2. The van der Waals surface area contributed by atoms with Crippen molar-refractivity contribution in [2.45, 2.75) is 83.7 Å². The summed E-state index contributed by atoms with van der Waals surface area (Å²) in [5.41, 5.74) is 5.63. The Kier molecular flexibility index (Phi) is 11.0. The number of fused-ring (bicyclic) bond motifs is 4. The van der Waals surface area contributed by atoms with Gasteiger partial charge in [0.2, 0.25) is 5.78 Å². The van der Waals surface area contributed by atoms with Gasteiger partial charge in [0.25, 0.3) is 5.91 Å². The second-order valence-electron chi connectivity index (χ2n) is 16.8. The SMILES string of the molecule is Cn1c(C(=O)Cc2cccc(-c3cccc(NC(=O)c4nc5c(n4C)CCN(CCC46CCC(C(=O)O)(CC4)C6)C5)c3Cl)c2Cl)nc2c1CCN(CCCC(=O)O)C2. The molecule has 2 saturated carbocycles. The molecule has 2 aliphatic carbocycles. The Morgan fingerprint density at radius 1 is 0.793 bits per heavy atom. The molecule has 2 bridgehead atoms. The van der Waals surface area contributed by atoms with Crippen molar-refractivity contribution in [1.29, 1.82) is 0 Å². The maximum atomic E-state index is 13.8. The van der Waals surface area contributed by atoms with E-state index in [0.717, 1.165) is 93.8 Å². The van der Waals surface area contributed by atoms with Gasteiger partial charge in [0.1, 0.15) is 0 Å². The van der Waals surface area contributed by atoms with Gasteiger partial charge < -0.3 is 24.7 Å². The van der Waals surface area contributed by atoms with E-state index in [4.69, 9.17) is 38.3 Å². The summed E-state index contributed by atoms with van der Waals surface area (Å²) in [6, 6.07) is 10.8. The zero-order valence-electron chi connectivity index (χ0n) is 33.0. The normalized spacial score (nSPS) is 21.5. The number of nitrogens with one attached hydrogen (secondary N) is 1. The summed E-state index contributed by atoms with van der Waals surface area (Å²) in [5.74, 6) is -1.34. The molecule has 0 radical (unpaired) electrons. The van der Waals surface area contributed by atoms with Gasteiger partial charge in [0.15, 0.2) is 11.6 Å². The summed E-state index contributed by atoms with van der Waals surface area (Å²) in [4.78, 5) is 64.4. The first kappa shape index (κ1) is 40.2. The molecular weight excluding hydrogens is 781 g/mol. The highest BCUT2D eigenvalue weighted by Gasteiger charge is 2.57.